The molecule has 0 spiro atoms. The zero-order chi connectivity index (χ0) is 25.4. The molecule has 8 heteroatoms. The summed E-state index contributed by atoms with van der Waals surface area (Å²) in [5.41, 5.74) is 4.66. The number of aryl methyl sites for hydroxylation is 1. The van der Waals surface area contributed by atoms with Crippen molar-refractivity contribution in [2.75, 3.05) is 19.8 Å². The van der Waals surface area contributed by atoms with E-state index < -0.39 is 5.60 Å². The minimum absolute atomic E-state index is 0.322. The number of hydrogen-bond acceptors (Lipinski definition) is 7. The fourth-order valence-electron chi connectivity index (χ4n) is 3.46. The van der Waals surface area contributed by atoms with Crippen LogP contribution >= 0.6 is 0 Å². The quantitative estimate of drug-likeness (QED) is 0.240. The molecule has 0 saturated heterocycles. The molecule has 1 heterocycles. The normalized spacial score (nSPS) is 11.8. The number of esters is 2. The van der Waals surface area contributed by atoms with Crippen LogP contribution in [0.3, 0.4) is 0 Å². The van der Waals surface area contributed by atoms with Crippen LogP contribution in [-0.4, -0.2) is 52.4 Å². The topological polar surface area (TPSA) is 92.5 Å². The minimum Gasteiger partial charge on any atom is -0.463 e. The molecule has 0 unspecified atom stereocenters. The standard InChI is InChI=1S/C27H33N3O5/c1-6-34-24(31)14-12-21-11-13-23-25(19(21)2)28-29-30(23)16-18-33-17-15-20-7-9-22(10-8-20)26(32)35-27(3,4)5/h7-14H,6,15-18H2,1-5H3/b14-12+. The van der Waals surface area contributed by atoms with Gasteiger partial charge in [0.1, 0.15) is 11.1 Å². The predicted molar refractivity (Wildman–Crippen MR) is 134 cm³/mol. The van der Waals surface area contributed by atoms with E-state index in [-0.39, 0.29) is 11.9 Å². The summed E-state index contributed by atoms with van der Waals surface area (Å²) in [6.07, 6.45) is 3.89. The summed E-state index contributed by atoms with van der Waals surface area (Å²) in [6.45, 7) is 11.3. The molecule has 0 saturated carbocycles. The molecule has 0 atom stereocenters. The van der Waals surface area contributed by atoms with Crippen molar-refractivity contribution in [1.29, 1.82) is 0 Å². The first-order valence-electron chi connectivity index (χ1n) is 11.8. The Hall–Kier alpha value is -3.52. The van der Waals surface area contributed by atoms with Gasteiger partial charge in [-0.05, 0) is 82.0 Å². The zero-order valence-electron chi connectivity index (χ0n) is 21.0. The van der Waals surface area contributed by atoms with E-state index in [1.165, 1.54) is 6.08 Å². The van der Waals surface area contributed by atoms with E-state index in [1.54, 1.807) is 25.1 Å². The average molecular weight is 480 g/mol. The van der Waals surface area contributed by atoms with Crippen molar-refractivity contribution in [3.8, 4) is 0 Å². The minimum atomic E-state index is -0.513. The third kappa shape index (κ3) is 7.48. The maximum absolute atomic E-state index is 12.1. The number of aromatic nitrogens is 3. The molecule has 0 aliphatic heterocycles. The van der Waals surface area contributed by atoms with Crippen molar-refractivity contribution in [2.24, 2.45) is 0 Å². The summed E-state index contributed by atoms with van der Waals surface area (Å²) in [6, 6.07) is 11.3. The Morgan fingerprint density at radius 3 is 2.49 bits per heavy atom. The number of hydrogen-bond donors (Lipinski definition) is 0. The van der Waals surface area contributed by atoms with Gasteiger partial charge in [0.05, 0.1) is 37.4 Å². The monoisotopic (exact) mass is 479 g/mol. The summed E-state index contributed by atoms with van der Waals surface area (Å²) >= 11 is 0. The van der Waals surface area contributed by atoms with Crippen LogP contribution in [0.1, 0.15) is 54.7 Å². The second-order valence-corrected chi connectivity index (χ2v) is 9.11. The van der Waals surface area contributed by atoms with Gasteiger partial charge in [-0.2, -0.15) is 0 Å². The summed E-state index contributed by atoms with van der Waals surface area (Å²) in [4.78, 5) is 23.7. The van der Waals surface area contributed by atoms with Gasteiger partial charge in [-0.1, -0.05) is 23.4 Å². The molecule has 3 aromatic rings. The molecule has 0 fully saturated rings. The van der Waals surface area contributed by atoms with Gasteiger partial charge < -0.3 is 14.2 Å². The molecular formula is C27H33N3O5. The van der Waals surface area contributed by atoms with E-state index >= 15 is 0 Å². The molecule has 1 aromatic heterocycles. The number of rotatable bonds is 10. The van der Waals surface area contributed by atoms with Crippen LogP contribution in [0.2, 0.25) is 0 Å². The fraction of sp³-hybridized carbons (Fsp3) is 0.407. The van der Waals surface area contributed by atoms with Crippen LogP contribution in [0, 0.1) is 6.92 Å². The summed E-state index contributed by atoms with van der Waals surface area (Å²) in [5.74, 6) is -0.690. The molecule has 0 N–H and O–H groups in total. The summed E-state index contributed by atoms with van der Waals surface area (Å²) in [7, 11) is 0. The Morgan fingerprint density at radius 1 is 1.06 bits per heavy atom. The number of fused-ring (bicyclic) bond motifs is 1. The highest BCUT2D eigenvalue weighted by Gasteiger charge is 2.17. The molecule has 2 aromatic carbocycles. The predicted octanol–water partition coefficient (Wildman–Crippen LogP) is 4.53. The summed E-state index contributed by atoms with van der Waals surface area (Å²) in [5, 5.41) is 8.56. The van der Waals surface area contributed by atoms with Crippen molar-refractivity contribution in [3.05, 3.63) is 64.7 Å². The van der Waals surface area contributed by atoms with E-state index in [1.807, 2.05) is 56.6 Å². The Kier molecular flexibility index (Phi) is 8.76. The first kappa shape index (κ1) is 26.1. The van der Waals surface area contributed by atoms with Gasteiger partial charge in [-0.3, -0.25) is 0 Å². The highest BCUT2D eigenvalue weighted by molar-refractivity contribution is 5.90. The van der Waals surface area contributed by atoms with E-state index in [0.717, 1.165) is 34.1 Å². The molecule has 8 nitrogen and oxygen atoms in total. The van der Waals surface area contributed by atoms with Gasteiger partial charge >= 0.3 is 11.9 Å². The lowest BCUT2D eigenvalue weighted by Crippen LogP contribution is -2.23. The second-order valence-electron chi connectivity index (χ2n) is 9.11. The lowest BCUT2D eigenvalue weighted by molar-refractivity contribution is -0.137. The Labute approximate surface area is 205 Å². The van der Waals surface area contributed by atoms with Crippen molar-refractivity contribution in [3.63, 3.8) is 0 Å². The van der Waals surface area contributed by atoms with Crippen LogP contribution < -0.4 is 0 Å². The Balaban J connectivity index is 1.49. The van der Waals surface area contributed by atoms with Crippen LogP contribution in [0.15, 0.2) is 42.5 Å². The highest BCUT2D eigenvalue weighted by Crippen LogP contribution is 2.21. The van der Waals surface area contributed by atoms with E-state index in [4.69, 9.17) is 14.2 Å². The lowest BCUT2D eigenvalue weighted by atomic mass is 10.1. The SMILES string of the molecule is CCOC(=O)/C=C/c1ccc2c(nnn2CCOCCc2ccc(C(=O)OC(C)(C)C)cc2)c1C. The number of carbonyl (C=O) groups is 2. The zero-order valence-corrected chi connectivity index (χ0v) is 21.0. The van der Waals surface area contributed by atoms with Gasteiger partial charge in [-0.15, -0.1) is 5.10 Å². The average Bonchev–Trinajstić information content (AvgIpc) is 3.21. The number of nitrogens with zero attached hydrogens (tertiary/aromatic N) is 3. The van der Waals surface area contributed by atoms with E-state index in [0.29, 0.717) is 31.9 Å². The van der Waals surface area contributed by atoms with Gasteiger partial charge in [0, 0.05) is 6.08 Å². The van der Waals surface area contributed by atoms with Crippen LogP contribution in [0.4, 0.5) is 0 Å². The van der Waals surface area contributed by atoms with Crippen molar-refractivity contribution < 1.29 is 23.8 Å². The van der Waals surface area contributed by atoms with Crippen molar-refractivity contribution >= 4 is 29.0 Å². The van der Waals surface area contributed by atoms with E-state index in [2.05, 4.69) is 10.3 Å². The second kappa shape index (κ2) is 11.8. The molecular weight excluding hydrogens is 446 g/mol. The Morgan fingerprint density at radius 2 is 1.80 bits per heavy atom. The molecule has 0 aliphatic rings. The van der Waals surface area contributed by atoms with Crippen LogP contribution in [0.5, 0.6) is 0 Å². The Bertz CT molecular complexity index is 1190. The number of ether oxygens (including phenoxy) is 3. The smallest absolute Gasteiger partial charge is 0.338 e. The first-order valence-corrected chi connectivity index (χ1v) is 11.8. The van der Waals surface area contributed by atoms with Gasteiger partial charge in [0.25, 0.3) is 0 Å². The van der Waals surface area contributed by atoms with Crippen molar-refractivity contribution in [2.45, 2.75) is 53.2 Å². The highest BCUT2D eigenvalue weighted by atomic mass is 16.6. The van der Waals surface area contributed by atoms with E-state index in [9.17, 15) is 9.59 Å². The third-order valence-corrected chi connectivity index (χ3v) is 5.24. The molecule has 0 amide bonds. The molecule has 0 bridgehead atoms. The van der Waals surface area contributed by atoms with Crippen LogP contribution in [-0.2, 0) is 32.0 Å². The molecule has 0 aliphatic carbocycles. The van der Waals surface area contributed by atoms with Crippen molar-refractivity contribution in [1.82, 2.24) is 15.0 Å². The molecule has 0 radical (unpaired) electrons. The van der Waals surface area contributed by atoms with Gasteiger partial charge in [-0.25, -0.2) is 14.3 Å². The molecule has 186 valence electrons. The van der Waals surface area contributed by atoms with Gasteiger partial charge in [0.15, 0.2) is 0 Å². The lowest BCUT2D eigenvalue weighted by Gasteiger charge is -2.19. The maximum atomic E-state index is 12.1. The fourth-order valence-corrected chi connectivity index (χ4v) is 3.46. The van der Waals surface area contributed by atoms with Gasteiger partial charge in [0.2, 0.25) is 0 Å². The summed E-state index contributed by atoms with van der Waals surface area (Å²) < 4.78 is 17.9. The van der Waals surface area contributed by atoms with Crippen LogP contribution in [0.25, 0.3) is 17.1 Å². The number of benzene rings is 2. The first-order chi connectivity index (χ1) is 16.7. The number of carbonyl (C=O) groups excluding carboxylic acids is 2. The molecule has 35 heavy (non-hydrogen) atoms. The largest absolute Gasteiger partial charge is 0.463 e. The third-order valence-electron chi connectivity index (χ3n) is 5.24. The molecule has 3 rings (SSSR count). The maximum Gasteiger partial charge on any atom is 0.338 e.